The summed E-state index contributed by atoms with van der Waals surface area (Å²) in [6.07, 6.45) is 0. The third-order valence-corrected chi connectivity index (χ3v) is 3.48. The molecule has 0 heterocycles. The van der Waals surface area contributed by atoms with Gasteiger partial charge in [0.1, 0.15) is 11.3 Å². The molecule has 0 saturated carbocycles. The zero-order chi connectivity index (χ0) is 15.9. The van der Waals surface area contributed by atoms with Crippen LogP contribution in [0.15, 0.2) is 11.6 Å². The number of hydrogen-bond acceptors (Lipinski definition) is 4. The molecule has 0 amide bonds. The van der Waals surface area contributed by atoms with Crippen molar-refractivity contribution in [3.63, 3.8) is 0 Å². The highest BCUT2D eigenvalue weighted by molar-refractivity contribution is 6.25. The van der Waals surface area contributed by atoms with Crippen LogP contribution in [-0.4, -0.2) is 23.5 Å². The molecule has 1 aromatic rings. The average molecular weight is 296 g/mol. The number of esters is 1. The van der Waals surface area contributed by atoms with E-state index < -0.39 is 40.6 Å². The van der Waals surface area contributed by atoms with Crippen LogP contribution in [0, 0.1) is 18.6 Å². The minimum Gasteiger partial charge on any atom is -0.506 e. The lowest BCUT2D eigenvalue weighted by Gasteiger charge is -2.25. The lowest BCUT2D eigenvalue weighted by atomic mass is 9.80. The van der Waals surface area contributed by atoms with Gasteiger partial charge >= 0.3 is 5.97 Å². The Morgan fingerprint density at radius 2 is 2.05 bits per heavy atom. The van der Waals surface area contributed by atoms with Crippen molar-refractivity contribution in [2.75, 3.05) is 6.61 Å². The second kappa shape index (κ2) is 5.27. The summed E-state index contributed by atoms with van der Waals surface area (Å²) in [6.45, 7) is 4.40. The summed E-state index contributed by atoms with van der Waals surface area (Å²) in [5.41, 5.74) is -0.541. The molecule has 1 aliphatic rings. The van der Waals surface area contributed by atoms with Gasteiger partial charge in [0.25, 0.3) is 0 Å². The minimum atomic E-state index is -1.19. The van der Waals surface area contributed by atoms with E-state index in [0.29, 0.717) is 0 Å². The fraction of sp³-hybridized carbons (Fsp3) is 0.333. The van der Waals surface area contributed by atoms with Gasteiger partial charge in [-0.05, 0) is 25.5 Å². The first-order chi connectivity index (χ1) is 9.81. The van der Waals surface area contributed by atoms with E-state index in [1.165, 1.54) is 13.8 Å². The molecule has 2 rings (SSSR count). The van der Waals surface area contributed by atoms with Gasteiger partial charge in [0.15, 0.2) is 17.4 Å². The molecule has 0 radical (unpaired) electrons. The van der Waals surface area contributed by atoms with Crippen molar-refractivity contribution in [2.24, 2.45) is 0 Å². The molecule has 0 spiro atoms. The Balaban J connectivity index is 2.78. The van der Waals surface area contributed by atoms with Gasteiger partial charge in [0, 0.05) is 17.0 Å². The van der Waals surface area contributed by atoms with Crippen LogP contribution < -0.4 is 0 Å². The number of benzene rings is 1. The van der Waals surface area contributed by atoms with Gasteiger partial charge in [-0.3, -0.25) is 4.79 Å². The third kappa shape index (κ3) is 2.20. The molecule has 6 heteroatoms. The zero-order valence-electron chi connectivity index (χ0n) is 11.8. The maximum atomic E-state index is 14.0. The molecule has 21 heavy (non-hydrogen) atoms. The van der Waals surface area contributed by atoms with Crippen LogP contribution in [0.5, 0.6) is 0 Å². The summed E-state index contributed by atoms with van der Waals surface area (Å²) in [5.74, 6) is -5.79. The smallest absolute Gasteiger partial charge is 0.345 e. The standard InChI is InChI=1S/C15H14F2O4/c1-4-21-15(20)11-13(18)7(3)10-9(14(11)19)6(2)5-8(16)12(10)17/h5,7,19H,4H2,1-3H3. The lowest BCUT2D eigenvalue weighted by Crippen LogP contribution is -2.28. The van der Waals surface area contributed by atoms with Gasteiger partial charge in [0.05, 0.1) is 6.61 Å². The Kier molecular flexibility index (Phi) is 3.80. The molecule has 0 bridgehead atoms. The van der Waals surface area contributed by atoms with E-state index in [9.17, 15) is 23.5 Å². The van der Waals surface area contributed by atoms with E-state index in [0.717, 1.165) is 6.07 Å². The third-order valence-electron chi connectivity index (χ3n) is 3.48. The topological polar surface area (TPSA) is 63.6 Å². The Morgan fingerprint density at radius 1 is 1.43 bits per heavy atom. The van der Waals surface area contributed by atoms with Gasteiger partial charge in [-0.2, -0.15) is 0 Å². The van der Waals surface area contributed by atoms with Crippen LogP contribution in [-0.2, 0) is 14.3 Å². The van der Waals surface area contributed by atoms with E-state index in [4.69, 9.17) is 4.74 Å². The summed E-state index contributed by atoms with van der Waals surface area (Å²) in [7, 11) is 0. The predicted octanol–water partition coefficient (Wildman–Crippen LogP) is 2.79. The second-order valence-corrected chi connectivity index (χ2v) is 4.81. The molecule has 1 atom stereocenters. The normalized spacial score (nSPS) is 17.8. The van der Waals surface area contributed by atoms with Crippen LogP contribution in [0.25, 0.3) is 5.76 Å². The van der Waals surface area contributed by atoms with E-state index in [2.05, 4.69) is 0 Å². The van der Waals surface area contributed by atoms with Gasteiger partial charge in [-0.25, -0.2) is 13.6 Å². The number of ketones is 1. The largest absolute Gasteiger partial charge is 0.506 e. The quantitative estimate of drug-likeness (QED) is 0.673. The molecule has 1 aromatic carbocycles. The Morgan fingerprint density at radius 3 is 2.62 bits per heavy atom. The van der Waals surface area contributed by atoms with Crippen molar-refractivity contribution in [1.82, 2.24) is 0 Å². The Bertz CT molecular complexity index is 677. The number of aryl methyl sites for hydroxylation is 1. The van der Waals surface area contributed by atoms with Gasteiger partial charge in [-0.1, -0.05) is 6.92 Å². The number of carbonyl (C=O) groups excluding carboxylic acids is 2. The molecule has 0 aromatic heterocycles. The zero-order valence-corrected chi connectivity index (χ0v) is 11.8. The number of carbonyl (C=O) groups is 2. The average Bonchev–Trinajstić information content (AvgIpc) is 2.40. The molecular formula is C15H14F2O4. The molecule has 4 nitrogen and oxygen atoms in total. The molecule has 112 valence electrons. The van der Waals surface area contributed by atoms with Crippen molar-refractivity contribution in [1.29, 1.82) is 0 Å². The first-order valence-corrected chi connectivity index (χ1v) is 6.44. The first kappa shape index (κ1) is 15.2. The summed E-state index contributed by atoms with van der Waals surface area (Å²) >= 11 is 0. The Labute approximate surface area is 120 Å². The molecule has 0 fully saturated rings. The number of aliphatic hydroxyl groups excluding tert-OH is 1. The lowest BCUT2D eigenvalue weighted by molar-refractivity contribution is -0.140. The summed E-state index contributed by atoms with van der Waals surface area (Å²) in [4.78, 5) is 24.0. The van der Waals surface area contributed by atoms with Gasteiger partial charge < -0.3 is 9.84 Å². The minimum absolute atomic E-state index is 0.0240. The van der Waals surface area contributed by atoms with Crippen LogP contribution >= 0.6 is 0 Å². The van der Waals surface area contributed by atoms with Gasteiger partial charge in [-0.15, -0.1) is 0 Å². The maximum Gasteiger partial charge on any atom is 0.345 e. The Hall–Kier alpha value is -2.24. The van der Waals surface area contributed by atoms with Crippen molar-refractivity contribution in [3.8, 4) is 0 Å². The fourth-order valence-corrected chi connectivity index (χ4v) is 2.49. The number of ether oxygens (including phenoxy) is 1. The number of fused-ring (bicyclic) bond motifs is 1. The fourth-order valence-electron chi connectivity index (χ4n) is 2.49. The molecule has 1 N–H and O–H groups in total. The number of aliphatic hydroxyl groups is 1. The highest BCUT2D eigenvalue weighted by Gasteiger charge is 2.39. The molecule has 0 aliphatic heterocycles. The summed E-state index contributed by atoms with van der Waals surface area (Å²) < 4.78 is 32.2. The second-order valence-electron chi connectivity index (χ2n) is 4.81. The van der Waals surface area contributed by atoms with E-state index in [1.54, 1.807) is 6.92 Å². The van der Waals surface area contributed by atoms with Crippen molar-refractivity contribution >= 4 is 17.5 Å². The van der Waals surface area contributed by atoms with Crippen LogP contribution in [0.4, 0.5) is 8.78 Å². The van der Waals surface area contributed by atoms with Gasteiger partial charge in [0.2, 0.25) is 0 Å². The maximum absolute atomic E-state index is 14.0. The van der Waals surface area contributed by atoms with Crippen LogP contribution in [0.1, 0.15) is 36.5 Å². The van der Waals surface area contributed by atoms with Crippen molar-refractivity contribution in [2.45, 2.75) is 26.7 Å². The molecule has 0 saturated heterocycles. The van der Waals surface area contributed by atoms with E-state index in [1.807, 2.05) is 0 Å². The highest BCUT2D eigenvalue weighted by Crippen LogP contribution is 2.39. The van der Waals surface area contributed by atoms with Crippen molar-refractivity contribution in [3.05, 3.63) is 40.0 Å². The number of hydrogen-bond donors (Lipinski definition) is 1. The number of halogens is 2. The van der Waals surface area contributed by atoms with E-state index >= 15 is 0 Å². The number of Topliss-reactive ketones (excluding diaryl/α,β-unsaturated/α-hetero) is 1. The SMILES string of the molecule is CCOC(=O)C1=C(O)c2c(C)cc(F)c(F)c2C(C)C1=O. The van der Waals surface area contributed by atoms with Crippen LogP contribution in [0.2, 0.25) is 0 Å². The molecule has 1 unspecified atom stereocenters. The van der Waals surface area contributed by atoms with E-state index in [-0.39, 0.29) is 23.3 Å². The predicted molar refractivity (Wildman–Crippen MR) is 70.7 cm³/mol. The molecule has 1 aliphatic carbocycles. The van der Waals surface area contributed by atoms with Crippen molar-refractivity contribution < 1.29 is 28.2 Å². The summed E-state index contributed by atoms with van der Waals surface area (Å²) in [5, 5.41) is 10.2. The monoisotopic (exact) mass is 296 g/mol. The first-order valence-electron chi connectivity index (χ1n) is 6.44. The van der Waals surface area contributed by atoms with Crippen LogP contribution in [0.3, 0.4) is 0 Å². The molecular weight excluding hydrogens is 282 g/mol. The number of rotatable bonds is 2. The summed E-state index contributed by atoms with van der Waals surface area (Å²) in [6, 6.07) is 0.912. The highest BCUT2D eigenvalue weighted by atomic mass is 19.2.